The van der Waals surface area contributed by atoms with Crippen LogP contribution in [0.15, 0.2) is 18.2 Å². The van der Waals surface area contributed by atoms with Gasteiger partial charge in [0.05, 0.1) is 0 Å². The van der Waals surface area contributed by atoms with Gasteiger partial charge in [-0.1, -0.05) is 6.07 Å². The minimum absolute atomic E-state index is 0. The Morgan fingerprint density at radius 1 is 1.36 bits per heavy atom. The summed E-state index contributed by atoms with van der Waals surface area (Å²) in [6.45, 7) is 3.99. The number of carbonyl (C=O) groups is 2. The van der Waals surface area contributed by atoms with E-state index in [1.807, 2.05) is 13.0 Å². The number of anilines is 1. The first-order chi connectivity index (χ1) is 10.1. The van der Waals surface area contributed by atoms with Gasteiger partial charge in [0.1, 0.15) is 0 Å². The maximum atomic E-state index is 12.0. The van der Waals surface area contributed by atoms with E-state index in [1.54, 1.807) is 19.2 Å². The second-order valence-electron chi connectivity index (χ2n) is 5.55. The molecule has 6 heteroatoms. The first kappa shape index (κ1) is 18.5. The first-order valence-electron chi connectivity index (χ1n) is 7.43. The van der Waals surface area contributed by atoms with Crippen molar-refractivity contribution in [3.63, 3.8) is 0 Å². The van der Waals surface area contributed by atoms with E-state index in [0.29, 0.717) is 23.6 Å². The molecular formula is C16H24ClN3O2. The third kappa shape index (κ3) is 5.00. The Balaban J connectivity index is 0.00000242. The molecule has 1 unspecified atom stereocenters. The summed E-state index contributed by atoms with van der Waals surface area (Å²) in [5.74, 6) is 0.468. The number of nitrogens with one attached hydrogen (secondary N) is 3. The molecule has 2 rings (SSSR count). The maximum absolute atomic E-state index is 12.0. The van der Waals surface area contributed by atoms with Gasteiger partial charge < -0.3 is 16.0 Å². The highest BCUT2D eigenvalue weighted by Crippen LogP contribution is 2.19. The van der Waals surface area contributed by atoms with Gasteiger partial charge in [0, 0.05) is 24.7 Å². The van der Waals surface area contributed by atoms with Crippen LogP contribution >= 0.6 is 12.4 Å². The summed E-state index contributed by atoms with van der Waals surface area (Å²) in [4.78, 5) is 23.7. The van der Waals surface area contributed by atoms with Gasteiger partial charge >= 0.3 is 0 Å². The number of aryl methyl sites for hydroxylation is 1. The number of hydrogen-bond donors (Lipinski definition) is 3. The Kier molecular flexibility index (Phi) is 7.35. The number of benzene rings is 1. The molecule has 0 saturated carbocycles. The second kappa shape index (κ2) is 8.76. The van der Waals surface area contributed by atoms with E-state index in [4.69, 9.17) is 0 Å². The standard InChI is InChI=1S/C16H23N3O2.ClH/c1-11-3-5-13(16(21)17-2)9-14(11)19-15(20)6-4-12-7-8-18-10-12;/h3,5,9,12,18H,4,6-8,10H2,1-2H3,(H,17,21)(H,19,20);1H. The van der Waals surface area contributed by atoms with E-state index in [-0.39, 0.29) is 24.2 Å². The average Bonchev–Trinajstić information content (AvgIpc) is 3.00. The van der Waals surface area contributed by atoms with Gasteiger partial charge in [-0.15, -0.1) is 12.4 Å². The number of halogens is 1. The van der Waals surface area contributed by atoms with Crippen molar-refractivity contribution in [2.75, 3.05) is 25.5 Å². The minimum atomic E-state index is -0.150. The summed E-state index contributed by atoms with van der Waals surface area (Å²) in [5.41, 5.74) is 2.22. The lowest BCUT2D eigenvalue weighted by Crippen LogP contribution is -2.19. The molecule has 2 amide bonds. The van der Waals surface area contributed by atoms with E-state index >= 15 is 0 Å². The van der Waals surface area contributed by atoms with Gasteiger partial charge in [-0.3, -0.25) is 9.59 Å². The van der Waals surface area contributed by atoms with Gasteiger partial charge in [0.2, 0.25) is 5.91 Å². The van der Waals surface area contributed by atoms with E-state index < -0.39 is 0 Å². The topological polar surface area (TPSA) is 70.2 Å². The minimum Gasteiger partial charge on any atom is -0.355 e. The van der Waals surface area contributed by atoms with Crippen LogP contribution in [0.2, 0.25) is 0 Å². The van der Waals surface area contributed by atoms with E-state index in [1.165, 1.54) is 0 Å². The van der Waals surface area contributed by atoms with Crippen LogP contribution in [0.4, 0.5) is 5.69 Å². The van der Waals surface area contributed by atoms with Gasteiger partial charge in [0.15, 0.2) is 0 Å². The van der Waals surface area contributed by atoms with Gasteiger partial charge in [0.25, 0.3) is 5.91 Å². The molecule has 1 heterocycles. The van der Waals surface area contributed by atoms with Crippen LogP contribution in [0.3, 0.4) is 0 Å². The molecule has 5 nitrogen and oxygen atoms in total. The Morgan fingerprint density at radius 3 is 2.77 bits per heavy atom. The van der Waals surface area contributed by atoms with Crippen molar-refractivity contribution in [2.24, 2.45) is 5.92 Å². The zero-order valence-corrected chi connectivity index (χ0v) is 13.9. The lowest BCUT2D eigenvalue weighted by molar-refractivity contribution is -0.116. The molecule has 1 aromatic carbocycles. The summed E-state index contributed by atoms with van der Waals surface area (Å²) in [7, 11) is 1.59. The monoisotopic (exact) mass is 325 g/mol. The maximum Gasteiger partial charge on any atom is 0.251 e. The highest BCUT2D eigenvalue weighted by molar-refractivity contribution is 5.97. The number of hydrogen-bond acceptors (Lipinski definition) is 3. The van der Waals surface area contributed by atoms with Gasteiger partial charge in [-0.25, -0.2) is 0 Å². The molecule has 0 radical (unpaired) electrons. The van der Waals surface area contributed by atoms with E-state index in [2.05, 4.69) is 16.0 Å². The second-order valence-corrected chi connectivity index (χ2v) is 5.55. The van der Waals surface area contributed by atoms with Crippen molar-refractivity contribution < 1.29 is 9.59 Å². The molecule has 1 atom stereocenters. The normalized spacial score (nSPS) is 16.7. The van der Waals surface area contributed by atoms with Crippen molar-refractivity contribution in [1.82, 2.24) is 10.6 Å². The molecule has 1 fully saturated rings. The summed E-state index contributed by atoms with van der Waals surface area (Å²) in [5, 5.41) is 8.80. The summed E-state index contributed by atoms with van der Waals surface area (Å²) >= 11 is 0. The van der Waals surface area contributed by atoms with Crippen molar-refractivity contribution in [2.45, 2.75) is 26.2 Å². The Morgan fingerprint density at radius 2 is 2.14 bits per heavy atom. The Hall–Kier alpha value is -1.59. The van der Waals surface area contributed by atoms with Gasteiger partial charge in [-0.2, -0.15) is 0 Å². The van der Waals surface area contributed by atoms with Crippen LogP contribution < -0.4 is 16.0 Å². The largest absolute Gasteiger partial charge is 0.355 e. The van der Waals surface area contributed by atoms with Crippen LogP contribution in [-0.2, 0) is 4.79 Å². The quantitative estimate of drug-likeness (QED) is 0.776. The molecule has 0 aliphatic carbocycles. The molecular weight excluding hydrogens is 302 g/mol. The van der Waals surface area contributed by atoms with Crippen LogP contribution in [0.5, 0.6) is 0 Å². The van der Waals surface area contributed by atoms with Crippen LogP contribution in [-0.4, -0.2) is 32.0 Å². The predicted octanol–water partition coefficient (Wildman–Crippen LogP) is 2.10. The molecule has 1 aliphatic heterocycles. The molecule has 1 saturated heterocycles. The number of carbonyl (C=O) groups excluding carboxylic acids is 2. The van der Waals surface area contributed by atoms with Gasteiger partial charge in [-0.05, 0) is 56.5 Å². The molecule has 0 spiro atoms. The lowest BCUT2D eigenvalue weighted by Gasteiger charge is -2.11. The average molecular weight is 326 g/mol. The number of amides is 2. The SMILES string of the molecule is CNC(=O)c1ccc(C)c(NC(=O)CCC2CCNC2)c1.Cl. The number of rotatable bonds is 5. The molecule has 122 valence electrons. The van der Waals surface area contributed by atoms with Crippen molar-refractivity contribution >= 4 is 29.9 Å². The first-order valence-corrected chi connectivity index (χ1v) is 7.43. The summed E-state index contributed by atoms with van der Waals surface area (Å²) in [6, 6.07) is 5.33. The zero-order chi connectivity index (χ0) is 15.2. The molecule has 22 heavy (non-hydrogen) atoms. The molecule has 1 aliphatic rings. The third-order valence-corrected chi connectivity index (χ3v) is 3.94. The molecule has 1 aromatic rings. The fourth-order valence-electron chi connectivity index (χ4n) is 2.55. The van der Waals surface area contributed by atoms with Crippen molar-refractivity contribution in [1.29, 1.82) is 0 Å². The zero-order valence-electron chi connectivity index (χ0n) is 13.1. The third-order valence-electron chi connectivity index (χ3n) is 3.94. The van der Waals surface area contributed by atoms with Crippen LogP contribution in [0, 0.1) is 12.8 Å². The van der Waals surface area contributed by atoms with E-state index in [9.17, 15) is 9.59 Å². The van der Waals surface area contributed by atoms with Crippen LogP contribution in [0.1, 0.15) is 35.2 Å². The van der Waals surface area contributed by atoms with Crippen molar-refractivity contribution in [3.05, 3.63) is 29.3 Å². The van der Waals surface area contributed by atoms with Crippen molar-refractivity contribution in [3.8, 4) is 0 Å². The summed E-state index contributed by atoms with van der Waals surface area (Å²) in [6.07, 6.45) is 2.58. The molecule has 3 N–H and O–H groups in total. The molecule has 0 bridgehead atoms. The molecule has 0 aromatic heterocycles. The summed E-state index contributed by atoms with van der Waals surface area (Å²) < 4.78 is 0. The van der Waals surface area contributed by atoms with Crippen LogP contribution in [0.25, 0.3) is 0 Å². The Labute approximate surface area is 137 Å². The predicted molar refractivity (Wildman–Crippen MR) is 90.7 cm³/mol. The highest BCUT2D eigenvalue weighted by Gasteiger charge is 2.16. The smallest absolute Gasteiger partial charge is 0.251 e. The van der Waals surface area contributed by atoms with E-state index in [0.717, 1.165) is 31.5 Å². The lowest BCUT2D eigenvalue weighted by atomic mass is 10.0. The Bertz CT molecular complexity index is 528. The fraction of sp³-hybridized carbons (Fsp3) is 0.500. The highest BCUT2D eigenvalue weighted by atomic mass is 35.5. The fourth-order valence-corrected chi connectivity index (χ4v) is 2.55.